The van der Waals surface area contributed by atoms with Gasteiger partial charge in [-0.1, -0.05) is 6.92 Å². The molecule has 0 aromatic carbocycles. The van der Waals surface area contributed by atoms with E-state index in [4.69, 9.17) is 5.26 Å². The minimum absolute atomic E-state index is 0.289. The minimum atomic E-state index is -0.609. The molecule has 0 saturated carbocycles. The van der Waals surface area contributed by atoms with Crippen molar-refractivity contribution in [2.45, 2.75) is 27.2 Å². The third-order valence-corrected chi connectivity index (χ3v) is 2.23. The molecule has 0 aliphatic carbocycles. The largest absolute Gasteiger partial charge is 0.310 e. The smallest absolute Gasteiger partial charge is 0.242 e. The molecule has 4 heteroatoms. The molecule has 0 spiro atoms. The van der Waals surface area contributed by atoms with Crippen LogP contribution in [0.25, 0.3) is 0 Å². The van der Waals surface area contributed by atoms with Crippen molar-refractivity contribution in [3.8, 4) is 6.07 Å². The molecule has 1 amide bonds. The molecule has 84 valence electrons. The fraction of sp³-hybridized carbons (Fsp3) is 0.417. The number of hydrogen-bond donors (Lipinski definition) is 1. The molecule has 16 heavy (non-hydrogen) atoms. The third-order valence-electron chi connectivity index (χ3n) is 2.23. The number of amides is 1. The molecule has 0 bridgehead atoms. The van der Waals surface area contributed by atoms with E-state index in [2.05, 4.69) is 10.3 Å². The van der Waals surface area contributed by atoms with E-state index in [0.29, 0.717) is 12.2 Å². The summed E-state index contributed by atoms with van der Waals surface area (Å²) in [6, 6.07) is 5.68. The fourth-order valence-electron chi connectivity index (χ4n) is 1.45. The summed E-state index contributed by atoms with van der Waals surface area (Å²) in [4.78, 5) is 15.8. The minimum Gasteiger partial charge on any atom is -0.310 e. The van der Waals surface area contributed by atoms with Gasteiger partial charge in [0, 0.05) is 5.69 Å². The summed E-state index contributed by atoms with van der Waals surface area (Å²) in [5.74, 6) is -0.388. The van der Waals surface area contributed by atoms with Crippen LogP contribution < -0.4 is 5.32 Å². The second-order valence-electron chi connectivity index (χ2n) is 3.75. The van der Waals surface area contributed by atoms with E-state index >= 15 is 0 Å². The first-order valence-corrected chi connectivity index (χ1v) is 5.22. The zero-order chi connectivity index (χ0) is 12.1. The number of anilines is 1. The van der Waals surface area contributed by atoms with Gasteiger partial charge in [-0.25, -0.2) is 4.98 Å². The van der Waals surface area contributed by atoms with Crippen molar-refractivity contribution >= 4 is 11.7 Å². The SMILES string of the molecule is CCC(C#N)C(=O)Nc1cc(C)cc(C)n1. The molecule has 1 unspecified atom stereocenters. The van der Waals surface area contributed by atoms with Gasteiger partial charge in [0.25, 0.3) is 0 Å². The molecule has 4 nitrogen and oxygen atoms in total. The van der Waals surface area contributed by atoms with Crippen LogP contribution in [0.1, 0.15) is 24.6 Å². The maximum absolute atomic E-state index is 11.6. The van der Waals surface area contributed by atoms with E-state index in [1.165, 1.54) is 0 Å². The lowest BCUT2D eigenvalue weighted by Gasteiger charge is -2.08. The van der Waals surface area contributed by atoms with E-state index in [1.807, 2.05) is 32.9 Å². The Morgan fingerprint density at radius 2 is 2.25 bits per heavy atom. The number of nitrogens with zero attached hydrogens (tertiary/aromatic N) is 2. The lowest BCUT2D eigenvalue weighted by molar-refractivity contribution is -0.118. The lowest BCUT2D eigenvalue weighted by Crippen LogP contribution is -2.21. The van der Waals surface area contributed by atoms with Crippen LogP contribution in [0.15, 0.2) is 12.1 Å². The zero-order valence-corrected chi connectivity index (χ0v) is 9.74. The number of rotatable bonds is 3. The van der Waals surface area contributed by atoms with Crippen LogP contribution in [0.3, 0.4) is 0 Å². The highest BCUT2D eigenvalue weighted by Gasteiger charge is 2.15. The molecular weight excluding hydrogens is 202 g/mol. The Hall–Kier alpha value is -1.89. The molecule has 0 aliphatic heterocycles. The van der Waals surface area contributed by atoms with Gasteiger partial charge in [0.2, 0.25) is 5.91 Å². The first kappa shape index (κ1) is 12.2. The van der Waals surface area contributed by atoms with Gasteiger partial charge < -0.3 is 5.32 Å². The number of carbonyl (C=O) groups is 1. The molecule has 1 atom stereocenters. The van der Waals surface area contributed by atoms with Crippen molar-refractivity contribution in [2.24, 2.45) is 5.92 Å². The van der Waals surface area contributed by atoms with Gasteiger partial charge in [-0.2, -0.15) is 5.26 Å². The predicted molar refractivity (Wildman–Crippen MR) is 61.7 cm³/mol. The Labute approximate surface area is 95.3 Å². The molecule has 1 aromatic rings. The summed E-state index contributed by atoms with van der Waals surface area (Å²) in [5, 5.41) is 11.4. The van der Waals surface area contributed by atoms with Gasteiger partial charge in [0.15, 0.2) is 0 Å². The van der Waals surface area contributed by atoms with Gasteiger partial charge in [-0.15, -0.1) is 0 Å². The predicted octanol–water partition coefficient (Wildman–Crippen LogP) is 2.19. The molecule has 0 radical (unpaired) electrons. The fourth-order valence-corrected chi connectivity index (χ4v) is 1.45. The summed E-state index contributed by atoms with van der Waals surface area (Å²) in [5.41, 5.74) is 1.88. The van der Waals surface area contributed by atoms with Crippen LogP contribution in [-0.2, 0) is 4.79 Å². The molecule has 1 rings (SSSR count). The number of carbonyl (C=O) groups excluding carboxylic acids is 1. The van der Waals surface area contributed by atoms with Crippen LogP contribution in [0.5, 0.6) is 0 Å². The number of aromatic nitrogens is 1. The van der Waals surface area contributed by atoms with Crippen molar-refractivity contribution < 1.29 is 4.79 Å². The van der Waals surface area contributed by atoms with Crippen LogP contribution >= 0.6 is 0 Å². The van der Waals surface area contributed by atoms with Gasteiger partial charge in [-0.3, -0.25) is 4.79 Å². The average molecular weight is 217 g/mol. The normalized spacial score (nSPS) is 11.6. The van der Waals surface area contributed by atoms with E-state index in [9.17, 15) is 4.79 Å². The van der Waals surface area contributed by atoms with E-state index in [0.717, 1.165) is 11.3 Å². The lowest BCUT2D eigenvalue weighted by atomic mass is 10.1. The number of nitriles is 1. The van der Waals surface area contributed by atoms with Gasteiger partial charge in [-0.05, 0) is 38.0 Å². The Bertz CT molecular complexity index is 414. The van der Waals surface area contributed by atoms with E-state index in [-0.39, 0.29) is 5.91 Å². The van der Waals surface area contributed by atoms with E-state index < -0.39 is 5.92 Å². The quantitative estimate of drug-likeness (QED) is 0.843. The number of nitrogens with one attached hydrogen (secondary N) is 1. The van der Waals surface area contributed by atoms with Crippen molar-refractivity contribution in [1.82, 2.24) is 4.98 Å². The number of aryl methyl sites for hydroxylation is 2. The average Bonchev–Trinajstić information content (AvgIpc) is 2.17. The van der Waals surface area contributed by atoms with Crippen LogP contribution in [0, 0.1) is 31.1 Å². The molecule has 1 aromatic heterocycles. The summed E-state index contributed by atoms with van der Waals surface area (Å²) in [6.07, 6.45) is 0.507. The third kappa shape index (κ3) is 3.06. The van der Waals surface area contributed by atoms with Crippen molar-refractivity contribution in [3.63, 3.8) is 0 Å². The monoisotopic (exact) mass is 217 g/mol. The number of hydrogen-bond acceptors (Lipinski definition) is 3. The van der Waals surface area contributed by atoms with Crippen molar-refractivity contribution in [3.05, 3.63) is 23.4 Å². The van der Waals surface area contributed by atoms with E-state index in [1.54, 1.807) is 6.07 Å². The van der Waals surface area contributed by atoms with Crippen molar-refractivity contribution in [2.75, 3.05) is 5.32 Å². The molecular formula is C12H15N3O. The molecule has 1 heterocycles. The summed E-state index contributed by atoms with van der Waals surface area (Å²) >= 11 is 0. The zero-order valence-electron chi connectivity index (χ0n) is 9.74. The topological polar surface area (TPSA) is 65.8 Å². The molecule has 1 N–H and O–H groups in total. The Kier molecular flexibility index (Phi) is 4.01. The Morgan fingerprint density at radius 3 is 2.75 bits per heavy atom. The van der Waals surface area contributed by atoms with Gasteiger partial charge in [0.1, 0.15) is 11.7 Å². The highest BCUT2D eigenvalue weighted by Crippen LogP contribution is 2.11. The highest BCUT2D eigenvalue weighted by molar-refractivity contribution is 5.93. The standard InChI is InChI=1S/C12H15N3O/c1-4-10(7-13)12(16)15-11-6-8(2)5-9(3)14-11/h5-6,10H,4H2,1-3H3,(H,14,15,16). The second kappa shape index (κ2) is 5.26. The Morgan fingerprint density at radius 1 is 1.56 bits per heavy atom. The Balaban J connectivity index is 2.81. The maximum atomic E-state index is 11.6. The van der Waals surface area contributed by atoms with Crippen LogP contribution in [-0.4, -0.2) is 10.9 Å². The van der Waals surface area contributed by atoms with Crippen LogP contribution in [0.4, 0.5) is 5.82 Å². The molecule has 0 aliphatic rings. The highest BCUT2D eigenvalue weighted by atomic mass is 16.1. The molecule has 0 saturated heterocycles. The molecule has 0 fully saturated rings. The first-order valence-electron chi connectivity index (χ1n) is 5.22. The van der Waals surface area contributed by atoms with Crippen LogP contribution in [0.2, 0.25) is 0 Å². The second-order valence-corrected chi connectivity index (χ2v) is 3.75. The number of pyridine rings is 1. The maximum Gasteiger partial charge on any atom is 0.242 e. The van der Waals surface area contributed by atoms with Gasteiger partial charge >= 0.3 is 0 Å². The van der Waals surface area contributed by atoms with Crippen molar-refractivity contribution in [1.29, 1.82) is 5.26 Å². The first-order chi connectivity index (χ1) is 7.56. The summed E-state index contributed by atoms with van der Waals surface area (Å²) < 4.78 is 0. The summed E-state index contributed by atoms with van der Waals surface area (Å²) in [6.45, 7) is 5.61. The summed E-state index contributed by atoms with van der Waals surface area (Å²) in [7, 11) is 0. The van der Waals surface area contributed by atoms with Gasteiger partial charge in [0.05, 0.1) is 6.07 Å².